The van der Waals surface area contributed by atoms with Gasteiger partial charge in [-0.1, -0.05) is 29.8 Å². The maximum Gasteiger partial charge on any atom is 0.254 e. The molecule has 1 atom stereocenters. The first-order chi connectivity index (χ1) is 12.4. The van der Waals surface area contributed by atoms with Gasteiger partial charge in [0.2, 0.25) is 0 Å². The summed E-state index contributed by atoms with van der Waals surface area (Å²) in [6, 6.07) is 14.6. The van der Waals surface area contributed by atoms with E-state index in [2.05, 4.69) is 0 Å². The summed E-state index contributed by atoms with van der Waals surface area (Å²) in [7, 11) is -1.49. The van der Waals surface area contributed by atoms with Gasteiger partial charge in [0.25, 0.3) is 5.91 Å². The van der Waals surface area contributed by atoms with Gasteiger partial charge in [0.05, 0.1) is 18.6 Å². The zero-order chi connectivity index (χ0) is 18.7. The molecular formula is C20H23NO4S. The zero-order valence-corrected chi connectivity index (χ0v) is 15.8. The van der Waals surface area contributed by atoms with Gasteiger partial charge in [0.15, 0.2) is 9.84 Å². The number of nitrogens with zero attached hydrogens (tertiary/aromatic N) is 1. The first kappa shape index (κ1) is 18.5. The van der Waals surface area contributed by atoms with Crippen LogP contribution >= 0.6 is 0 Å². The molecule has 26 heavy (non-hydrogen) atoms. The Morgan fingerprint density at radius 3 is 2.62 bits per heavy atom. The number of sulfone groups is 1. The molecule has 1 heterocycles. The molecule has 2 aromatic rings. The minimum absolute atomic E-state index is 0.0223. The van der Waals surface area contributed by atoms with E-state index >= 15 is 0 Å². The number of ether oxygens (including phenoxy) is 1. The third-order valence-electron chi connectivity index (χ3n) is 4.66. The van der Waals surface area contributed by atoms with Crippen molar-refractivity contribution in [2.24, 2.45) is 0 Å². The maximum atomic E-state index is 13.2. The van der Waals surface area contributed by atoms with Crippen LogP contribution in [0.1, 0.15) is 27.9 Å². The van der Waals surface area contributed by atoms with Gasteiger partial charge in [0, 0.05) is 18.2 Å². The largest absolute Gasteiger partial charge is 0.497 e. The van der Waals surface area contributed by atoms with E-state index in [0.717, 1.165) is 11.1 Å². The molecule has 0 unspecified atom stereocenters. The summed E-state index contributed by atoms with van der Waals surface area (Å²) < 4.78 is 29.2. The second kappa shape index (κ2) is 7.50. The third-order valence-corrected chi connectivity index (χ3v) is 6.41. The molecule has 0 saturated carbocycles. The van der Waals surface area contributed by atoms with Crippen molar-refractivity contribution in [3.63, 3.8) is 0 Å². The van der Waals surface area contributed by atoms with Crippen LogP contribution in [0.2, 0.25) is 0 Å². The highest BCUT2D eigenvalue weighted by molar-refractivity contribution is 7.91. The Morgan fingerprint density at radius 2 is 1.96 bits per heavy atom. The molecule has 138 valence electrons. The number of amides is 1. The number of carbonyl (C=O) groups excluding carboxylic acids is 1. The molecule has 6 heteroatoms. The van der Waals surface area contributed by atoms with Gasteiger partial charge in [-0.05, 0) is 43.2 Å². The molecule has 1 saturated heterocycles. The maximum absolute atomic E-state index is 13.2. The molecule has 0 N–H and O–H groups in total. The molecule has 1 fully saturated rings. The molecular weight excluding hydrogens is 350 g/mol. The number of aryl methyl sites for hydroxylation is 1. The van der Waals surface area contributed by atoms with Crippen LogP contribution < -0.4 is 4.74 Å². The Hall–Kier alpha value is -2.34. The van der Waals surface area contributed by atoms with Crippen molar-refractivity contribution in [3.05, 3.63) is 65.2 Å². The Bertz CT molecular complexity index is 908. The van der Waals surface area contributed by atoms with Crippen molar-refractivity contribution in [1.82, 2.24) is 4.90 Å². The van der Waals surface area contributed by atoms with Crippen molar-refractivity contribution < 1.29 is 17.9 Å². The van der Waals surface area contributed by atoms with E-state index in [-0.39, 0.29) is 23.5 Å². The van der Waals surface area contributed by atoms with Gasteiger partial charge in [-0.15, -0.1) is 0 Å². The molecule has 0 aliphatic carbocycles. The van der Waals surface area contributed by atoms with Crippen LogP contribution in [0, 0.1) is 6.92 Å². The molecule has 2 aromatic carbocycles. The molecule has 1 aliphatic heterocycles. The van der Waals surface area contributed by atoms with E-state index in [1.165, 1.54) is 0 Å². The average Bonchev–Trinajstić information content (AvgIpc) is 2.99. The Kier molecular flexibility index (Phi) is 5.32. The second-order valence-electron chi connectivity index (χ2n) is 6.71. The van der Waals surface area contributed by atoms with Crippen LogP contribution in [0.4, 0.5) is 0 Å². The Morgan fingerprint density at radius 1 is 1.19 bits per heavy atom. The zero-order valence-electron chi connectivity index (χ0n) is 15.0. The summed E-state index contributed by atoms with van der Waals surface area (Å²) in [5, 5.41) is 0. The van der Waals surface area contributed by atoms with Crippen LogP contribution in [0.25, 0.3) is 0 Å². The first-order valence-electron chi connectivity index (χ1n) is 8.59. The number of benzene rings is 2. The lowest BCUT2D eigenvalue weighted by molar-refractivity contribution is 0.0680. The highest BCUT2D eigenvalue weighted by Crippen LogP contribution is 2.24. The van der Waals surface area contributed by atoms with E-state index in [1.54, 1.807) is 18.1 Å². The molecule has 3 rings (SSSR count). The van der Waals surface area contributed by atoms with Crippen molar-refractivity contribution in [3.8, 4) is 5.75 Å². The van der Waals surface area contributed by atoms with Crippen LogP contribution in [-0.2, 0) is 16.4 Å². The summed E-state index contributed by atoms with van der Waals surface area (Å²) in [5.74, 6) is 0.727. The molecule has 0 radical (unpaired) electrons. The highest BCUT2D eigenvalue weighted by atomic mass is 32.2. The van der Waals surface area contributed by atoms with Gasteiger partial charge in [0.1, 0.15) is 5.75 Å². The number of hydrogen-bond donors (Lipinski definition) is 0. The van der Waals surface area contributed by atoms with Gasteiger partial charge >= 0.3 is 0 Å². The fraction of sp³-hybridized carbons (Fsp3) is 0.350. The summed E-state index contributed by atoms with van der Waals surface area (Å²) in [4.78, 5) is 14.8. The van der Waals surface area contributed by atoms with Crippen LogP contribution in [0.15, 0.2) is 48.5 Å². The van der Waals surface area contributed by atoms with E-state index < -0.39 is 9.84 Å². The number of methoxy groups -OCH3 is 1. The van der Waals surface area contributed by atoms with E-state index in [4.69, 9.17) is 4.74 Å². The quantitative estimate of drug-likeness (QED) is 0.808. The minimum atomic E-state index is -3.09. The summed E-state index contributed by atoms with van der Waals surface area (Å²) >= 11 is 0. The second-order valence-corrected chi connectivity index (χ2v) is 8.94. The highest BCUT2D eigenvalue weighted by Gasteiger charge is 2.35. The van der Waals surface area contributed by atoms with E-state index in [9.17, 15) is 13.2 Å². The van der Waals surface area contributed by atoms with E-state index in [1.807, 2.05) is 49.4 Å². The lowest BCUT2D eigenvalue weighted by Gasteiger charge is -2.29. The molecule has 1 amide bonds. The van der Waals surface area contributed by atoms with Crippen molar-refractivity contribution in [1.29, 1.82) is 0 Å². The normalized spacial score (nSPS) is 18.5. The predicted octanol–water partition coefficient (Wildman–Crippen LogP) is 2.83. The number of rotatable bonds is 5. The Balaban J connectivity index is 1.92. The van der Waals surface area contributed by atoms with E-state index in [0.29, 0.717) is 24.3 Å². The smallest absolute Gasteiger partial charge is 0.254 e. The third kappa shape index (κ3) is 4.25. The van der Waals surface area contributed by atoms with Crippen LogP contribution in [0.5, 0.6) is 5.75 Å². The molecule has 1 aliphatic rings. The summed E-state index contributed by atoms with van der Waals surface area (Å²) in [5.41, 5.74) is 2.49. The number of hydrogen-bond acceptors (Lipinski definition) is 4. The number of carbonyl (C=O) groups is 1. The SMILES string of the molecule is COc1cccc(CN(C(=O)c2cccc(C)c2)[C@H]2CCS(=O)(=O)C2)c1. The van der Waals surface area contributed by atoms with Crippen LogP contribution in [-0.4, -0.2) is 43.9 Å². The van der Waals surface area contributed by atoms with Gasteiger partial charge < -0.3 is 9.64 Å². The molecule has 0 bridgehead atoms. The predicted molar refractivity (Wildman–Crippen MR) is 101 cm³/mol. The fourth-order valence-corrected chi connectivity index (χ4v) is 5.03. The molecule has 5 nitrogen and oxygen atoms in total. The lowest BCUT2D eigenvalue weighted by Crippen LogP contribution is -2.40. The minimum Gasteiger partial charge on any atom is -0.497 e. The van der Waals surface area contributed by atoms with Crippen LogP contribution in [0.3, 0.4) is 0 Å². The first-order valence-corrected chi connectivity index (χ1v) is 10.4. The fourth-order valence-electron chi connectivity index (χ4n) is 3.30. The van der Waals surface area contributed by atoms with Gasteiger partial charge in [-0.2, -0.15) is 0 Å². The van der Waals surface area contributed by atoms with Crippen molar-refractivity contribution in [2.45, 2.75) is 25.9 Å². The molecule has 0 spiro atoms. The van der Waals surface area contributed by atoms with Gasteiger partial charge in [-0.25, -0.2) is 8.42 Å². The topological polar surface area (TPSA) is 63.7 Å². The average molecular weight is 373 g/mol. The summed E-state index contributed by atoms with van der Waals surface area (Å²) in [6.07, 6.45) is 0.476. The standard InChI is InChI=1S/C20H23NO4S/c1-15-5-3-7-17(11-15)20(22)21(18-9-10-26(23,24)14-18)13-16-6-4-8-19(12-16)25-2/h3-8,11-12,18H,9-10,13-14H2,1-2H3/t18-/m0/s1. The molecule has 0 aromatic heterocycles. The lowest BCUT2D eigenvalue weighted by atomic mass is 10.1. The van der Waals surface area contributed by atoms with Crippen molar-refractivity contribution in [2.75, 3.05) is 18.6 Å². The monoisotopic (exact) mass is 373 g/mol. The summed E-state index contributed by atoms with van der Waals surface area (Å²) in [6.45, 7) is 2.29. The Labute approximate surface area is 154 Å². The van der Waals surface area contributed by atoms with Gasteiger partial charge in [-0.3, -0.25) is 4.79 Å². The van der Waals surface area contributed by atoms with Crippen molar-refractivity contribution >= 4 is 15.7 Å².